The van der Waals surface area contributed by atoms with Crippen molar-refractivity contribution in [3.05, 3.63) is 41.9 Å². The Balaban J connectivity index is 1.98. The molecule has 0 unspecified atom stereocenters. The Morgan fingerprint density at radius 3 is 2.44 bits per heavy atom. The Labute approximate surface area is 157 Å². The van der Waals surface area contributed by atoms with E-state index in [1.165, 1.54) is 0 Å². The molecule has 0 saturated heterocycles. The lowest BCUT2D eigenvalue weighted by Gasteiger charge is -2.16. The number of aryl methyl sites for hydroxylation is 1. The highest BCUT2D eigenvalue weighted by Crippen LogP contribution is 2.23. The van der Waals surface area contributed by atoms with Gasteiger partial charge in [0.1, 0.15) is 6.04 Å². The summed E-state index contributed by atoms with van der Waals surface area (Å²) >= 11 is 0. The van der Waals surface area contributed by atoms with Gasteiger partial charge in [0.05, 0.1) is 6.54 Å². The zero-order chi connectivity index (χ0) is 20.0. The van der Waals surface area contributed by atoms with Crippen molar-refractivity contribution in [1.82, 2.24) is 15.6 Å². The zero-order valence-electron chi connectivity index (χ0n) is 15.5. The molecule has 0 bridgehead atoms. The van der Waals surface area contributed by atoms with Gasteiger partial charge in [0.15, 0.2) is 17.8 Å². The van der Waals surface area contributed by atoms with Crippen LogP contribution in [0.15, 0.2) is 35.1 Å². The zero-order valence-corrected chi connectivity index (χ0v) is 15.5. The molecule has 1 aromatic carbocycles. The van der Waals surface area contributed by atoms with Crippen molar-refractivity contribution in [1.29, 1.82) is 0 Å². The van der Waals surface area contributed by atoms with E-state index in [4.69, 9.17) is 9.52 Å². The number of hydrogen-bond acceptors (Lipinski definition) is 5. The minimum Gasteiger partial charge on any atom is -0.480 e. The minimum atomic E-state index is -1.11. The third kappa shape index (κ3) is 5.67. The van der Waals surface area contributed by atoms with Crippen molar-refractivity contribution in [2.45, 2.75) is 33.2 Å². The molecule has 2 rings (SSSR count). The Bertz CT molecular complexity index is 811. The van der Waals surface area contributed by atoms with Gasteiger partial charge in [0, 0.05) is 5.56 Å². The highest BCUT2D eigenvalue weighted by molar-refractivity contribution is 5.99. The van der Waals surface area contributed by atoms with Crippen molar-refractivity contribution in [2.24, 2.45) is 5.92 Å². The van der Waals surface area contributed by atoms with Crippen LogP contribution >= 0.6 is 0 Å². The maximum atomic E-state index is 12.3. The summed E-state index contributed by atoms with van der Waals surface area (Å²) in [5, 5.41) is 14.0. The summed E-state index contributed by atoms with van der Waals surface area (Å²) in [5.41, 5.74) is 1.81. The molecule has 1 heterocycles. The van der Waals surface area contributed by atoms with E-state index in [-0.39, 0.29) is 18.2 Å². The molecule has 3 N–H and O–H groups in total. The lowest BCUT2D eigenvalue weighted by atomic mass is 10.0. The van der Waals surface area contributed by atoms with Crippen LogP contribution in [-0.2, 0) is 9.59 Å². The van der Waals surface area contributed by atoms with Crippen molar-refractivity contribution in [2.75, 3.05) is 6.54 Å². The molecular weight excluding hydrogens is 350 g/mol. The molecule has 1 aromatic heterocycles. The van der Waals surface area contributed by atoms with Gasteiger partial charge in [-0.05, 0) is 19.3 Å². The van der Waals surface area contributed by atoms with Crippen LogP contribution < -0.4 is 10.6 Å². The highest BCUT2D eigenvalue weighted by atomic mass is 16.4. The number of aromatic nitrogens is 1. The van der Waals surface area contributed by atoms with Gasteiger partial charge in [0.2, 0.25) is 5.91 Å². The summed E-state index contributed by atoms with van der Waals surface area (Å²) in [6.07, 6.45) is 1.46. The fourth-order valence-corrected chi connectivity index (χ4v) is 2.50. The molecule has 8 nitrogen and oxygen atoms in total. The molecule has 0 saturated carbocycles. The summed E-state index contributed by atoms with van der Waals surface area (Å²) in [7, 11) is 0. The maximum absolute atomic E-state index is 12.3. The quantitative estimate of drug-likeness (QED) is 0.651. The van der Waals surface area contributed by atoms with Gasteiger partial charge in [-0.2, -0.15) is 0 Å². The number of hydrogen-bond donors (Lipinski definition) is 3. The van der Waals surface area contributed by atoms with E-state index in [1.807, 2.05) is 45.0 Å². The van der Waals surface area contributed by atoms with E-state index < -0.39 is 23.8 Å². The lowest BCUT2D eigenvalue weighted by molar-refractivity contribution is -0.142. The predicted octanol–water partition coefficient (Wildman–Crippen LogP) is 2.00. The topological polar surface area (TPSA) is 122 Å². The Kier molecular flexibility index (Phi) is 6.70. The standard InChI is InChI=1S/C19H23N3O5/c1-11(2)8-14(19(25)26)22-15(23)9-20-18(24)16-17(27-10-21-16)13-6-4-12(3)5-7-13/h4-7,10-11,14H,8-9H2,1-3H3,(H,20,24)(H,22,23)(H,25,26)/t14-/m0/s1. The Morgan fingerprint density at radius 2 is 1.85 bits per heavy atom. The third-order valence-corrected chi connectivity index (χ3v) is 3.85. The van der Waals surface area contributed by atoms with Gasteiger partial charge < -0.3 is 20.2 Å². The third-order valence-electron chi connectivity index (χ3n) is 3.85. The van der Waals surface area contributed by atoms with Crippen molar-refractivity contribution in [3.8, 4) is 11.3 Å². The van der Waals surface area contributed by atoms with Crippen molar-refractivity contribution >= 4 is 17.8 Å². The van der Waals surface area contributed by atoms with Gasteiger partial charge in [-0.1, -0.05) is 43.7 Å². The number of carboxylic acids is 1. The molecule has 2 amide bonds. The van der Waals surface area contributed by atoms with Crippen molar-refractivity contribution in [3.63, 3.8) is 0 Å². The number of carboxylic acid groups (broad SMARTS) is 1. The molecule has 0 spiro atoms. The SMILES string of the molecule is Cc1ccc(-c2ocnc2C(=O)NCC(=O)N[C@@H](CC(C)C)C(=O)O)cc1. The molecule has 0 aliphatic heterocycles. The van der Waals surface area contributed by atoms with E-state index in [9.17, 15) is 14.4 Å². The molecule has 0 fully saturated rings. The first-order valence-electron chi connectivity index (χ1n) is 8.58. The number of aliphatic carboxylic acids is 1. The van der Waals surface area contributed by atoms with E-state index in [0.29, 0.717) is 17.7 Å². The number of oxazole rings is 1. The second-order valence-corrected chi connectivity index (χ2v) is 6.67. The average molecular weight is 373 g/mol. The molecule has 2 aromatic rings. The number of amides is 2. The first-order valence-corrected chi connectivity index (χ1v) is 8.58. The number of nitrogens with one attached hydrogen (secondary N) is 2. The van der Waals surface area contributed by atoms with Gasteiger partial charge in [-0.25, -0.2) is 9.78 Å². The predicted molar refractivity (Wildman–Crippen MR) is 98.0 cm³/mol. The van der Waals surface area contributed by atoms with Gasteiger partial charge in [-0.15, -0.1) is 0 Å². The van der Waals surface area contributed by atoms with Gasteiger partial charge in [-0.3, -0.25) is 9.59 Å². The molecule has 144 valence electrons. The van der Waals surface area contributed by atoms with Gasteiger partial charge >= 0.3 is 5.97 Å². The lowest BCUT2D eigenvalue weighted by Crippen LogP contribution is -2.46. The van der Waals surface area contributed by atoms with Crippen LogP contribution in [0.5, 0.6) is 0 Å². The Morgan fingerprint density at radius 1 is 1.19 bits per heavy atom. The number of nitrogens with zero attached hydrogens (tertiary/aromatic N) is 1. The smallest absolute Gasteiger partial charge is 0.326 e. The van der Waals surface area contributed by atoms with Crippen LogP contribution in [0.2, 0.25) is 0 Å². The average Bonchev–Trinajstić information content (AvgIpc) is 3.09. The van der Waals surface area contributed by atoms with Crippen LogP contribution in [0.3, 0.4) is 0 Å². The van der Waals surface area contributed by atoms with E-state index >= 15 is 0 Å². The van der Waals surface area contributed by atoms with E-state index in [0.717, 1.165) is 12.0 Å². The van der Waals surface area contributed by atoms with Crippen LogP contribution in [0.25, 0.3) is 11.3 Å². The van der Waals surface area contributed by atoms with Crippen LogP contribution in [0.1, 0.15) is 36.3 Å². The van der Waals surface area contributed by atoms with Crippen LogP contribution in [-0.4, -0.2) is 40.5 Å². The highest BCUT2D eigenvalue weighted by Gasteiger charge is 2.22. The second kappa shape index (κ2) is 8.98. The summed E-state index contributed by atoms with van der Waals surface area (Å²) in [6.45, 7) is 5.31. The van der Waals surface area contributed by atoms with Crippen LogP contribution in [0, 0.1) is 12.8 Å². The number of carbonyl (C=O) groups excluding carboxylic acids is 2. The monoisotopic (exact) mass is 373 g/mol. The second-order valence-electron chi connectivity index (χ2n) is 6.67. The number of rotatable bonds is 8. The molecular formula is C19H23N3O5. The fourth-order valence-electron chi connectivity index (χ4n) is 2.50. The molecule has 0 radical (unpaired) electrons. The van der Waals surface area contributed by atoms with Crippen LogP contribution in [0.4, 0.5) is 0 Å². The fraction of sp³-hybridized carbons (Fsp3) is 0.368. The first kappa shape index (κ1) is 20.2. The van der Waals surface area contributed by atoms with Gasteiger partial charge in [0.25, 0.3) is 5.91 Å². The molecule has 1 atom stereocenters. The summed E-state index contributed by atoms with van der Waals surface area (Å²) in [5.74, 6) is -1.87. The number of benzene rings is 1. The summed E-state index contributed by atoms with van der Waals surface area (Å²) < 4.78 is 5.31. The summed E-state index contributed by atoms with van der Waals surface area (Å²) in [6, 6.07) is 6.39. The van der Waals surface area contributed by atoms with E-state index in [1.54, 1.807) is 0 Å². The largest absolute Gasteiger partial charge is 0.480 e. The number of carbonyl (C=O) groups is 3. The van der Waals surface area contributed by atoms with E-state index in [2.05, 4.69) is 15.6 Å². The maximum Gasteiger partial charge on any atom is 0.326 e. The molecule has 0 aliphatic rings. The minimum absolute atomic E-state index is 0.0589. The normalized spacial score (nSPS) is 11.9. The Hall–Kier alpha value is -3.16. The molecule has 8 heteroatoms. The molecule has 0 aliphatic carbocycles. The summed E-state index contributed by atoms with van der Waals surface area (Å²) in [4.78, 5) is 39.4. The first-order chi connectivity index (χ1) is 12.8. The molecule has 27 heavy (non-hydrogen) atoms. The van der Waals surface area contributed by atoms with Crippen molar-refractivity contribution < 1.29 is 23.9 Å².